The molecule has 0 spiro atoms. The number of ether oxygens (including phenoxy) is 1. The minimum absolute atomic E-state index is 0.198. The van der Waals surface area contributed by atoms with Crippen LogP contribution in [0.1, 0.15) is 29.3 Å². The first-order valence-electron chi connectivity index (χ1n) is 4.96. The molecule has 0 aliphatic carbocycles. The SMILES string of the molecule is CCOc1ccc(C#CCC=O)cc1C=O. The summed E-state index contributed by atoms with van der Waals surface area (Å²) in [5.41, 5.74) is 1.17. The summed E-state index contributed by atoms with van der Waals surface area (Å²) < 4.78 is 5.27. The Kier molecular flexibility index (Phi) is 4.81. The summed E-state index contributed by atoms with van der Waals surface area (Å²) in [5.74, 6) is 6.03. The van der Waals surface area contributed by atoms with Crippen molar-refractivity contribution < 1.29 is 14.3 Å². The number of carbonyl (C=O) groups is 2. The molecule has 0 amide bonds. The van der Waals surface area contributed by atoms with Gasteiger partial charge in [-0.15, -0.1) is 0 Å². The predicted octanol–water partition coefficient (Wildman–Crippen LogP) is 1.84. The van der Waals surface area contributed by atoms with Crippen LogP contribution in [0.5, 0.6) is 5.75 Å². The molecule has 3 nitrogen and oxygen atoms in total. The van der Waals surface area contributed by atoms with Gasteiger partial charge in [0, 0.05) is 5.56 Å². The summed E-state index contributed by atoms with van der Waals surface area (Å²) >= 11 is 0. The molecule has 0 atom stereocenters. The monoisotopic (exact) mass is 216 g/mol. The molecule has 0 aliphatic rings. The van der Waals surface area contributed by atoms with Gasteiger partial charge in [-0.3, -0.25) is 4.79 Å². The van der Waals surface area contributed by atoms with Crippen molar-refractivity contribution in [3.05, 3.63) is 29.3 Å². The number of rotatable bonds is 4. The van der Waals surface area contributed by atoms with E-state index in [2.05, 4.69) is 11.8 Å². The largest absolute Gasteiger partial charge is 0.493 e. The van der Waals surface area contributed by atoms with Crippen molar-refractivity contribution in [2.24, 2.45) is 0 Å². The molecule has 0 unspecified atom stereocenters. The third-order valence-electron chi connectivity index (χ3n) is 1.85. The zero-order valence-corrected chi connectivity index (χ0v) is 9.03. The number of aldehydes is 2. The number of hydrogen-bond donors (Lipinski definition) is 0. The summed E-state index contributed by atoms with van der Waals surface area (Å²) in [7, 11) is 0. The van der Waals surface area contributed by atoms with Crippen LogP contribution in [0.2, 0.25) is 0 Å². The van der Waals surface area contributed by atoms with Gasteiger partial charge in [-0.1, -0.05) is 11.8 Å². The summed E-state index contributed by atoms with van der Waals surface area (Å²) in [6.45, 7) is 2.36. The fraction of sp³-hybridized carbons (Fsp3) is 0.231. The van der Waals surface area contributed by atoms with Crippen LogP contribution in [0.15, 0.2) is 18.2 Å². The minimum atomic E-state index is 0.198. The third-order valence-corrected chi connectivity index (χ3v) is 1.85. The zero-order chi connectivity index (χ0) is 11.8. The molecule has 3 heteroatoms. The van der Waals surface area contributed by atoms with Crippen LogP contribution in [-0.2, 0) is 4.79 Å². The van der Waals surface area contributed by atoms with E-state index >= 15 is 0 Å². The van der Waals surface area contributed by atoms with Crippen molar-refractivity contribution >= 4 is 12.6 Å². The lowest BCUT2D eigenvalue weighted by Gasteiger charge is -2.05. The highest BCUT2D eigenvalue weighted by atomic mass is 16.5. The second kappa shape index (κ2) is 6.41. The normalized spacial score (nSPS) is 8.81. The molecule has 0 bridgehead atoms. The smallest absolute Gasteiger partial charge is 0.153 e. The maximum absolute atomic E-state index is 10.8. The Morgan fingerprint density at radius 2 is 2.19 bits per heavy atom. The summed E-state index contributed by atoms with van der Waals surface area (Å²) in [6, 6.07) is 5.11. The van der Waals surface area contributed by atoms with E-state index < -0.39 is 0 Å². The molecule has 16 heavy (non-hydrogen) atoms. The molecule has 1 rings (SSSR count). The Morgan fingerprint density at radius 1 is 1.38 bits per heavy atom. The average Bonchev–Trinajstić information content (AvgIpc) is 2.31. The molecular weight excluding hydrogens is 204 g/mol. The van der Waals surface area contributed by atoms with Crippen molar-refractivity contribution in [3.63, 3.8) is 0 Å². The highest BCUT2D eigenvalue weighted by molar-refractivity contribution is 5.80. The van der Waals surface area contributed by atoms with E-state index in [9.17, 15) is 9.59 Å². The van der Waals surface area contributed by atoms with E-state index in [0.29, 0.717) is 23.5 Å². The Bertz CT molecular complexity index is 438. The van der Waals surface area contributed by atoms with Gasteiger partial charge in [-0.05, 0) is 25.1 Å². The van der Waals surface area contributed by atoms with Gasteiger partial charge in [0.1, 0.15) is 12.0 Å². The summed E-state index contributed by atoms with van der Waals surface area (Å²) in [5, 5.41) is 0. The quantitative estimate of drug-likeness (QED) is 0.569. The Morgan fingerprint density at radius 3 is 2.81 bits per heavy atom. The molecule has 0 aromatic heterocycles. The first-order chi connectivity index (χ1) is 7.81. The van der Waals surface area contributed by atoms with E-state index in [1.165, 1.54) is 0 Å². The van der Waals surface area contributed by atoms with Gasteiger partial charge in [0.25, 0.3) is 0 Å². The highest BCUT2D eigenvalue weighted by Gasteiger charge is 2.02. The molecule has 0 saturated heterocycles. The van der Waals surface area contributed by atoms with Gasteiger partial charge in [-0.25, -0.2) is 0 Å². The van der Waals surface area contributed by atoms with Crippen molar-refractivity contribution in [1.82, 2.24) is 0 Å². The Labute approximate surface area is 94.4 Å². The predicted molar refractivity (Wildman–Crippen MR) is 60.6 cm³/mol. The van der Waals surface area contributed by atoms with E-state index in [-0.39, 0.29) is 6.42 Å². The van der Waals surface area contributed by atoms with Gasteiger partial charge in [0.2, 0.25) is 0 Å². The van der Waals surface area contributed by atoms with E-state index in [4.69, 9.17) is 4.74 Å². The first-order valence-corrected chi connectivity index (χ1v) is 4.96. The molecule has 1 aromatic rings. The second-order valence-electron chi connectivity index (χ2n) is 2.98. The lowest BCUT2D eigenvalue weighted by Crippen LogP contribution is -1.96. The Balaban J connectivity index is 2.95. The standard InChI is InChI=1S/C13H12O3/c1-2-16-13-7-6-11(5-3-4-8-14)9-12(13)10-15/h6-10H,2,4H2,1H3. The van der Waals surface area contributed by atoms with Crippen molar-refractivity contribution in [2.75, 3.05) is 6.61 Å². The van der Waals surface area contributed by atoms with Crippen LogP contribution in [-0.4, -0.2) is 19.2 Å². The van der Waals surface area contributed by atoms with Crippen LogP contribution in [0.25, 0.3) is 0 Å². The van der Waals surface area contributed by atoms with Crippen LogP contribution in [0.4, 0.5) is 0 Å². The second-order valence-corrected chi connectivity index (χ2v) is 2.98. The summed E-state index contributed by atoms with van der Waals surface area (Å²) in [4.78, 5) is 20.9. The van der Waals surface area contributed by atoms with Gasteiger partial charge in [0.05, 0.1) is 18.6 Å². The van der Waals surface area contributed by atoms with Gasteiger partial charge in [0.15, 0.2) is 6.29 Å². The number of carbonyl (C=O) groups excluding carboxylic acids is 2. The summed E-state index contributed by atoms with van der Waals surface area (Å²) in [6.07, 6.45) is 1.67. The maximum Gasteiger partial charge on any atom is 0.153 e. The molecule has 0 heterocycles. The lowest BCUT2D eigenvalue weighted by atomic mass is 10.1. The zero-order valence-electron chi connectivity index (χ0n) is 9.03. The lowest BCUT2D eigenvalue weighted by molar-refractivity contribution is -0.107. The van der Waals surface area contributed by atoms with Gasteiger partial charge >= 0.3 is 0 Å². The Hall–Kier alpha value is -2.08. The number of hydrogen-bond acceptors (Lipinski definition) is 3. The maximum atomic E-state index is 10.8. The highest BCUT2D eigenvalue weighted by Crippen LogP contribution is 2.17. The average molecular weight is 216 g/mol. The molecule has 0 radical (unpaired) electrons. The molecule has 0 N–H and O–H groups in total. The molecule has 1 aromatic carbocycles. The van der Waals surface area contributed by atoms with Gasteiger partial charge in [-0.2, -0.15) is 0 Å². The van der Waals surface area contributed by atoms with Crippen LogP contribution < -0.4 is 4.74 Å². The topological polar surface area (TPSA) is 43.4 Å². The fourth-order valence-electron chi connectivity index (χ4n) is 1.20. The fourth-order valence-corrected chi connectivity index (χ4v) is 1.20. The molecule has 0 saturated carbocycles. The molecule has 0 aliphatic heterocycles. The van der Waals surface area contributed by atoms with E-state index in [0.717, 1.165) is 12.6 Å². The van der Waals surface area contributed by atoms with Crippen molar-refractivity contribution in [1.29, 1.82) is 0 Å². The van der Waals surface area contributed by atoms with Crippen molar-refractivity contribution in [2.45, 2.75) is 13.3 Å². The molecule has 82 valence electrons. The molecule has 0 fully saturated rings. The van der Waals surface area contributed by atoms with Crippen molar-refractivity contribution in [3.8, 4) is 17.6 Å². The first kappa shape index (κ1) is 12.0. The third kappa shape index (κ3) is 3.25. The van der Waals surface area contributed by atoms with Crippen LogP contribution in [0.3, 0.4) is 0 Å². The van der Waals surface area contributed by atoms with E-state index in [1.807, 2.05) is 6.92 Å². The van der Waals surface area contributed by atoms with Crippen LogP contribution in [0, 0.1) is 11.8 Å². The molecular formula is C13H12O3. The van der Waals surface area contributed by atoms with Gasteiger partial charge < -0.3 is 9.53 Å². The van der Waals surface area contributed by atoms with E-state index in [1.54, 1.807) is 18.2 Å². The minimum Gasteiger partial charge on any atom is -0.493 e. The number of benzene rings is 1. The van der Waals surface area contributed by atoms with Crippen LogP contribution >= 0.6 is 0 Å².